The second-order valence-electron chi connectivity index (χ2n) is 13.4. The predicted molar refractivity (Wildman–Crippen MR) is 204 cm³/mol. The maximum Gasteiger partial charge on any atom is 0.498 e. The van der Waals surface area contributed by atoms with E-state index in [2.05, 4.69) is 56.9 Å². The number of rotatable bonds is 17. The molecule has 0 bridgehead atoms. The number of pyridine rings is 1. The molecule has 0 aliphatic carbocycles. The van der Waals surface area contributed by atoms with Crippen molar-refractivity contribution in [2.45, 2.75) is 71.1 Å². The number of alkyl halides is 3. The van der Waals surface area contributed by atoms with Crippen LogP contribution in [0.25, 0.3) is 0 Å². The van der Waals surface area contributed by atoms with Crippen molar-refractivity contribution in [3.63, 3.8) is 0 Å². The van der Waals surface area contributed by atoms with Crippen LogP contribution in [0.5, 0.6) is 5.75 Å². The Balaban J connectivity index is 1.26. The molecule has 56 heavy (non-hydrogen) atoms. The molecule has 0 radical (unpaired) electrons. The van der Waals surface area contributed by atoms with E-state index < -0.39 is 49.4 Å². The molecule has 1 amide bonds. The van der Waals surface area contributed by atoms with Crippen LogP contribution in [-0.2, 0) is 46.6 Å². The standard InChI is InChI=1S/C34H42BBrF3N8O8P/c1-8-52-56(49,53-15-9-14-47-19-22(17-41-47)35-54-32(2,3)33(4,5)55-35)20-21-10-11-24(26(16-21)50-6)43-31-40-18-23(34(37,38)39)29(45-31)42-25-12-13-27(36)44-28(25)30(48)46-51-7/h10-13,16-19H,8-9,14-15,20H2,1-7H3,(H,46,48)(H2,40,42,43,45). The average Bonchev–Trinajstić information content (AvgIpc) is 3.68. The lowest BCUT2D eigenvalue weighted by molar-refractivity contribution is -0.137. The van der Waals surface area contributed by atoms with Crippen LogP contribution < -0.4 is 26.3 Å². The molecule has 1 aliphatic heterocycles. The summed E-state index contributed by atoms with van der Waals surface area (Å²) in [6, 6.07) is 7.58. The van der Waals surface area contributed by atoms with E-state index in [4.69, 9.17) is 23.1 Å². The number of ether oxygens (including phenoxy) is 1. The molecule has 302 valence electrons. The fourth-order valence-electron chi connectivity index (χ4n) is 5.36. The number of nitrogens with one attached hydrogen (secondary N) is 3. The van der Waals surface area contributed by atoms with Crippen LogP contribution in [0, 0.1) is 0 Å². The number of aryl methyl sites for hydroxylation is 1. The first-order valence-electron chi connectivity index (χ1n) is 17.3. The molecule has 1 fully saturated rings. The van der Waals surface area contributed by atoms with E-state index in [1.165, 1.54) is 26.4 Å². The fourth-order valence-corrected chi connectivity index (χ4v) is 7.37. The average molecular weight is 869 g/mol. The molecule has 1 aliphatic rings. The second kappa shape index (κ2) is 17.6. The van der Waals surface area contributed by atoms with Gasteiger partial charge in [-0.3, -0.25) is 18.9 Å². The summed E-state index contributed by atoms with van der Waals surface area (Å²) in [7, 11) is -1.57. The van der Waals surface area contributed by atoms with E-state index in [9.17, 15) is 22.5 Å². The van der Waals surface area contributed by atoms with Gasteiger partial charge in [0, 0.05) is 30.6 Å². The number of nitrogens with zero attached hydrogens (tertiary/aromatic N) is 5. The van der Waals surface area contributed by atoms with Gasteiger partial charge in [-0.1, -0.05) is 6.07 Å². The maximum atomic E-state index is 14.0. The Labute approximate surface area is 330 Å². The molecule has 0 spiro atoms. The molecule has 3 N–H and O–H groups in total. The lowest BCUT2D eigenvalue weighted by atomic mass is 9.82. The molecular weight excluding hydrogens is 827 g/mol. The summed E-state index contributed by atoms with van der Waals surface area (Å²) in [5.41, 5.74) is 1.20. The third kappa shape index (κ3) is 10.4. The molecule has 3 aromatic heterocycles. The summed E-state index contributed by atoms with van der Waals surface area (Å²) < 4.78 is 87.1. The zero-order valence-electron chi connectivity index (χ0n) is 31.7. The van der Waals surface area contributed by atoms with Crippen molar-refractivity contribution in [2.24, 2.45) is 0 Å². The molecule has 1 saturated heterocycles. The highest BCUT2D eigenvalue weighted by Crippen LogP contribution is 2.52. The minimum atomic E-state index is -4.85. The first kappa shape index (κ1) is 43.0. The number of hydrogen-bond acceptors (Lipinski definition) is 14. The Bertz CT molecular complexity index is 2060. The topological polar surface area (TPSA) is 182 Å². The zero-order chi connectivity index (χ0) is 40.9. The van der Waals surface area contributed by atoms with Gasteiger partial charge in [-0.25, -0.2) is 15.4 Å². The normalized spacial score (nSPS) is 16.0. The third-order valence-electron chi connectivity index (χ3n) is 8.83. The summed E-state index contributed by atoms with van der Waals surface area (Å²) in [5.74, 6) is -1.46. The van der Waals surface area contributed by atoms with Gasteiger partial charge in [-0.2, -0.15) is 23.3 Å². The van der Waals surface area contributed by atoms with Gasteiger partial charge in [-0.15, -0.1) is 0 Å². The highest BCUT2D eigenvalue weighted by Gasteiger charge is 2.52. The van der Waals surface area contributed by atoms with Crippen LogP contribution in [0.3, 0.4) is 0 Å². The highest BCUT2D eigenvalue weighted by atomic mass is 79.9. The Morgan fingerprint density at radius 3 is 2.39 bits per heavy atom. The van der Waals surface area contributed by atoms with Crippen molar-refractivity contribution in [1.29, 1.82) is 0 Å². The molecule has 4 heterocycles. The molecule has 4 aromatic rings. The molecule has 22 heteroatoms. The molecule has 1 aromatic carbocycles. The molecule has 1 unspecified atom stereocenters. The summed E-state index contributed by atoms with van der Waals surface area (Å²) in [4.78, 5) is 29.1. The highest BCUT2D eigenvalue weighted by molar-refractivity contribution is 9.10. The van der Waals surface area contributed by atoms with Crippen molar-refractivity contribution in [3.8, 4) is 5.75 Å². The number of benzene rings is 1. The number of hydroxylamine groups is 1. The third-order valence-corrected chi connectivity index (χ3v) is 11.3. The molecule has 0 saturated carbocycles. The van der Waals surface area contributed by atoms with E-state index in [1.807, 2.05) is 33.9 Å². The number of aromatic nitrogens is 5. The molecule has 5 rings (SSSR count). The van der Waals surface area contributed by atoms with Crippen LogP contribution in [0.1, 0.15) is 62.7 Å². The molecule has 1 atom stereocenters. The molecule has 16 nitrogen and oxygen atoms in total. The van der Waals surface area contributed by atoms with Gasteiger partial charge in [0.05, 0.1) is 56.2 Å². The first-order chi connectivity index (χ1) is 26.4. The number of amides is 1. The van der Waals surface area contributed by atoms with Gasteiger partial charge in [-0.05, 0) is 86.8 Å². The van der Waals surface area contributed by atoms with Gasteiger partial charge in [0.25, 0.3) is 5.91 Å². The summed E-state index contributed by atoms with van der Waals surface area (Å²) in [5, 5.41) is 9.82. The van der Waals surface area contributed by atoms with Gasteiger partial charge < -0.3 is 33.7 Å². The number of carbonyl (C=O) groups is 1. The summed E-state index contributed by atoms with van der Waals surface area (Å²) >= 11 is 3.15. The summed E-state index contributed by atoms with van der Waals surface area (Å²) in [6.07, 6.45) is -0.317. The summed E-state index contributed by atoms with van der Waals surface area (Å²) in [6.45, 7) is 10.4. The second-order valence-corrected chi connectivity index (χ2v) is 16.3. The lowest BCUT2D eigenvalue weighted by Gasteiger charge is -2.32. The van der Waals surface area contributed by atoms with Crippen molar-refractivity contribution in [1.82, 2.24) is 30.2 Å². The monoisotopic (exact) mass is 868 g/mol. The van der Waals surface area contributed by atoms with Gasteiger partial charge in [0.2, 0.25) is 5.95 Å². The number of hydrogen-bond donors (Lipinski definition) is 3. The quantitative estimate of drug-likeness (QED) is 0.0332. The number of anilines is 4. The number of methoxy groups -OCH3 is 1. The van der Waals surface area contributed by atoms with Gasteiger partial charge in [0.1, 0.15) is 21.7 Å². The SMILES string of the molecule is CCOP(=O)(Cc1ccc(Nc2ncc(C(F)(F)F)c(Nc3ccc(Br)nc3C(=O)NOC)n2)c(OC)c1)OCCCn1cc(B2OC(C)(C)C(C)(C)O2)cn1. The van der Waals surface area contributed by atoms with Crippen molar-refractivity contribution in [2.75, 3.05) is 38.1 Å². The molecular formula is C34H42BBrF3N8O8P. The number of halogens is 4. The van der Waals surface area contributed by atoms with Crippen LogP contribution in [0.4, 0.5) is 36.3 Å². The predicted octanol–water partition coefficient (Wildman–Crippen LogP) is 6.77. The fraction of sp³-hybridized carbons (Fsp3) is 0.441. The lowest BCUT2D eigenvalue weighted by Crippen LogP contribution is -2.41. The van der Waals surface area contributed by atoms with E-state index in [0.29, 0.717) is 30.4 Å². The largest absolute Gasteiger partial charge is 0.498 e. The maximum absolute atomic E-state index is 14.0. The van der Waals surface area contributed by atoms with Crippen LogP contribution in [-0.4, -0.2) is 76.4 Å². The van der Waals surface area contributed by atoms with Crippen molar-refractivity contribution < 1.29 is 50.5 Å². The Morgan fingerprint density at radius 1 is 1.02 bits per heavy atom. The van der Waals surface area contributed by atoms with Crippen LogP contribution in [0.2, 0.25) is 0 Å². The van der Waals surface area contributed by atoms with Crippen LogP contribution >= 0.6 is 23.5 Å². The minimum absolute atomic E-state index is 0.0869. The van der Waals surface area contributed by atoms with E-state index >= 15 is 0 Å². The Hall–Kier alpha value is -4.11. The van der Waals surface area contributed by atoms with E-state index in [1.54, 1.807) is 36.0 Å². The smallest absolute Gasteiger partial charge is 0.495 e. The zero-order valence-corrected chi connectivity index (χ0v) is 34.2. The van der Waals surface area contributed by atoms with E-state index in [-0.39, 0.29) is 47.1 Å². The van der Waals surface area contributed by atoms with Crippen molar-refractivity contribution in [3.05, 3.63) is 70.3 Å². The van der Waals surface area contributed by atoms with Gasteiger partial charge in [0.15, 0.2) is 5.69 Å². The Morgan fingerprint density at radius 2 is 1.73 bits per heavy atom. The minimum Gasteiger partial charge on any atom is -0.495 e. The van der Waals surface area contributed by atoms with Crippen molar-refractivity contribution >= 4 is 65.2 Å². The Kier molecular flexibility index (Phi) is 13.5. The van der Waals surface area contributed by atoms with E-state index in [0.717, 1.165) is 5.46 Å². The van der Waals surface area contributed by atoms with Crippen LogP contribution in [0.15, 0.2) is 53.5 Å². The van der Waals surface area contributed by atoms with Gasteiger partial charge >= 0.3 is 20.9 Å². The number of carbonyl (C=O) groups excluding carboxylic acids is 1. The first-order valence-corrected chi connectivity index (χ1v) is 19.8.